The number of aromatic nitrogens is 11. The van der Waals surface area contributed by atoms with Gasteiger partial charge in [-0.15, -0.1) is 0 Å². The number of aliphatic imine (C=N–C) groups is 1. The third-order valence-corrected chi connectivity index (χ3v) is 18.4. The number of esters is 2. The van der Waals surface area contributed by atoms with Crippen LogP contribution in [0.5, 0.6) is 0 Å². The Balaban J connectivity index is 0.000000954. The number of fused-ring (bicyclic) bond motifs is 4. The molecule has 440 valence electrons. The number of hydrogen-bond acceptors (Lipinski definition) is 24. The number of anilines is 1. The van der Waals surface area contributed by atoms with Gasteiger partial charge in [0.2, 0.25) is 5.91 Å². The first-order valence-corrected chi connectivity index (χ1v) is 37.9. The van der Waals surface area contributed by atoms with Crippen molar-refractivity contribution >= 4 is 325 Å². The maximum atomic E-state index is 11.5. The number of rotatable bonds is 5. The van der Waals surface area contributed by atoms with Gasteiger partial charge in [0.25, 0.3) is 0 Å². The third kappa shape index (κ3) is 28.4. The summed E-state index contributed by atoms with van der Waals surface area (Å²) in [6, 6.07) is 8.53. The van der Waals surface area contributed by atoms with Gasteiger partial charge in [-0.05, 0) is 88.0 Å². The summed E-state index contributed by atoms with van der Waals surface area (Å²) >= 11 is 65.9. The number of carbonyl (C=O) groups is 4. The quantitative estimate of drug-likeness (QED) is 0.0730. The molecule has 19 nitrogen and oxygen atoms in total. The van der Waals surface area contributed by atoms with Crippen LogP contribution >= 0.6 is 117 Å². The second-order valence-corrected chi connectivity index (χ2v) is 28.5. The molecular weight excluding hydrogens is 1680 g/mol. The predicted molar refractivity (Wildman–Crippen MR) is 386 cm³/mol. The van der Waals surface area contributed by atoms with Crippen molar-refractivity contribution in [3.8, 4) is 0 Å². The fourth-order valence-corrected chi connectivity index (χ4v) is 10.6. The lowest BCUT2D eigenvalue weighted by atomic mass is 10.2. The predicted octanol–water partition coefficient (Wildman–Crippen LogP) is 9.20. The summed E-state index contributed by atoms with van der Waals surface area (Å²) in [5.74, 6) is -1.15. The molecular formula is C41H36Cl5I2N13O6S15. The Kier molecular flexibility index (Phi) is 43.7. The van der Waals surface area contributed by atoms with Crippen molar-refractivity contribution in [2.24, 2.45) is 4.99 Å². The summed E-state index contributed by atoms with van der Waals surface area (Å²) in [7, 11) is 9.83. The summed E-state index contributed by atoms with van der Waals surface area (Å²) in [6.45, 7) is 5.48. The van der Waals surface area contributed by atoms with Gasteiger partial charge in [-0.1, -0.05) is 58.0 Å². The Bertz CT molecular complexity index is 3800. The van der Waals surface area contributed by atoms with Crippen molar-refractivity contribution in [2.45, 2.75) is 40.4 Å². The number of nitrogens with two attached hydrogens (primary N) is 1. The Hall–Kier alpha value is -1.75. The van der Waals surface area contributed by atoms with Gasteiger partial charge in [0.05, 0.1) is 74.0 Å². The molecule has 0 unspecified atom stereocenters. The lowest BCUT2D eigenvalue weighted by Gasteiger charge is -2.00. The first-order chi connectivity index (χ1) is 38.5. The fourth-order valence-electron chi connectivity index (χ4n) is 5.64. The van der Waals surface area contributed by atoms with E-state index in [1.165, 1.54) is 99.8 Å². The van der Waals surface area contributed by atoms with Crippen LogP contribution in [-0.2, 0) is 181 Å². The Morgan fingerprint density at radius 2 is 1.10 bits per heavy atom. The maximum Gasteiger partial charge on any atom is 0.327 e. The van der Waals surface area contributed by atoms with E-state index in [1.54, 1.807) is 53.7 Å². The van der Waals surface area contributed by atoms with Crippen molar-refractivity contribution in [3.63, 3.8) is 0 Å². The molecule has 1 aliphatic heterocycles. The monoisotopic (exact) mass is 1710 g/mol. The average Bonchev–Trinajstić information content (AvgIpc) is 4.43. The molecule has 9 rings (SSSR count). The largest absolute Gasteiger partial charge is 0.468 e. The highest BCUT2D eigenvalue weighted by Gasteiger charge is 2.18. The number of ketones is 1. The Morgan fingerprint density at radius 1 is 0.646 bits per heavy atom. The number of halogens is 7. The highest BCUT2D eigenvalue weighted by molar-refractivity contribution is 14.1. The Morgan fingerprint density at radius 3 is 1.56 bits per heavy atom. The summed E-state index contributed by atoms with van der Waals surface area (Å²) in [5, 5.41) is 16.6. The van der Waals surface area contributed by atoms with Gasteiger partial charge in [-0.2, -0.15) is 33.5 Å². The van der Waals surface area contributed by atoms with E-state index in [0.29, 0.717) is 42.7 Å². The number of ether oxygens (including phenoxy) is 2. The normalized spacial score (nSPS) is 9.88. The van der Waals surface area contributed by atoms with Crippen LogP contribution < -0.4 is 5.73 Å². The summed E-state index contributed by atoms with van der Waals surface area (Å²) in [6.07, 6.45) is 9.52. The van der Waals surface area contributed by atoms with Gasteiger partial charge in [0, 0.05) is 190 Å². The molecule has 0 fully saturated rings. The van der Waals surface area contributed by atoms with Crippen LogP contribution in [-0.4, -0.2) is 95.8 Å². The number of nitrogens with zero attached hydrogens (tertiary/aromatic N) is 12. The molecule has 8 aromatic heterocycles. The van der Waals surface area contributed by atoms with E-state index in [2.05, 4.69) is 189 Å². The number of Topliss-reactive ketones (excluding diaryl/α,β-unsaturated/α-hetero) is 1. The zero-order valence-electron chi connectivity index (χ0n) is 41.7. The average molecular weight is 1720 g/mol. The van der Waals surface area contributed by atoms with Crippen molar-refractivity contribution in [1.29, 1.82) is 0 Å². The number of pyridine rings is 5. The van der Waals surface area contributed by atoms with Crippen LogP contribution in [0.1, 0.15) is 45.8 Å². The number of carbonyl (C=O) groups excluding carboxylic acids is 4. The van der Waals surface area contributed by atoms with E-state index in [9.17, 15) is 19.2 Å². The zero-order chi connectivity index (χ0) is 61.4. The Labute approximate surface area is 584 Å². The molecule has 82 heavy (non-hydrogen) atoms. The molecule has 0 spiro atoms. The standard InChI is InChI=1S/C11H10ClN3O3.C9H7ClIN3O2.C8H6ClN3O.C7H4ClIN2.C6H7ClN2.S5.S4.S3.S2.H2S/c1-6(16)11-7-3-9(12)13-4-8(7)15(14-11)5-10(17)18-2;1-16-8(15)4-14-6-3-12-7(10)2-5(6)9(11)13-14;1-5(13)12-7-4-10-8(9)2-6(7)3-11-12;8-6-1-5-4(2-10-6)3-11-7(5)9;1-4-2-6(7)9-3-5(4)8;1-3-5-4-2;1-3-4-2;1-3-2;1-2;/h3-4H,5H2,1-2H3;2-3H,4H2,1H3;2-4H,1H3;1-2H,3H2;2-3H,8H2,1H3;;;;;1H2. The molecule has 2 N–H and O–H groups in total. The first kappa shape index (κ1) is 80.2. The van der Waals surface area contributed by atoms with Gasteiger partial charge in [-0.3, -0.25) is 33.5 Å². The molecule has 0 aromatic carbocycles. The molecule has 41 heteroatoms. The highest BCUT2D eigenvalue weighted by Crippen LogP contribution is 2.25. The number of hydrogen-bond donors (Lipinski definition) is 1. The molecule has 9 heterocycles. The minimum Gasteiger partial charge on any atom is -0.468 e. The second-order valence-electron chi connectivity index (χ2n) is 13.9. The van der Waals surface area contributed by atoms with Gasteiger partial charge >= 0.3 is 11.9 Å². The van der Waals surface area contributed by atoms with E-state index in [4.69, 9.17) is 63.7 Å². The van der Waals surface area contributed by atoms with Crippen molar-refractivity contribution in [1.82, 2.24) is 54.3 Å². The van der Waals surface area contributed by atoms with Crippen molar-refractivity contribution in [3.05, 3.63) is 119 Å². The smallest absolute Gasteiger partial charge is 0.327 e. The fraction of sp³-hybridized carbons (Fsp3) is 0.195. The van der Waals surface area contributed by atoms with E-state index >= 15 is 0 Å². The van der Waals surface area contributed by atoms with Gasteiger partial charge in [0.1, 0.15) is 52.0 Å². The van der Waals surface area contributed by atoms with Crippen LogP contribution in [0.3, 0.4) is 0 Å². The third-order valence-electron chi connectivity index (χ3n) is 8.99. The lowest BCUT2D eigenvalue weighted by Crippen LogP contribution is -2.13. The first-order valence-electron chi connectivity index (χ1n) is 20.5. The molecule has 0 atom stereocenters. The van der Waals surface area contributed by atoms with E-state index in [0.717, 1.165) is 50.3 Å². The van der Waals surface area contributed by atoms with Crippen LogP contribution in [0.2, 0.25) is 25.8 Å². The van der Waals surface area contributed by atoms with Crippen molar-refractivity contribution in [2.75, 3.05) is 20.0 Å². The molecule has 0 amide bonds. The molecule has 0 saturated heterocycles. The van der Waals surface area contributed by atoms with Crippen LogP contribution in [0, 0.1) is 10.6 Å². The second kappa shape index (κ2) is 44.6. The number of nitrogen functional groups attached to an aromatic ring is 1. The van der Waals surface area contributed by atoms with Crippen LogP contribution in [0.25, 0.3) is 32.7 Å². The molecule has 1 aliphatic rings. The number of methoxy groups -OCH3 is 2. The molecule has 0 saturated carbocycles. The summed E-state index contributed by atoms with van der Waals surface area (Å²) in [5.41, 5.74) is 11.7. The van der Waals surface area contributed by atoms with Crippen LogP contribution in [0.4, 0.5) is 5.69 Å². The molecule has 0 aliphatic carbocycles. The minimum absolute atomic E-state index is 0. The summed E-state index contributed by atoms with van der Waals surface area (Å²) < 4.78 is 15.2. The van der Waals surface area contributed by atoms with E-state index < -0.39 is 5.97 Å². The zero-order valence-corrected chi connectivity index (χ0v) is 62.3. The van der Waals surface area contributed by atoms with Crippen LogP contribution in [0.15, 0.2) is 72.5 Å². The van der Waals surface area contributed by atoms with Crippen molar-refractivity contribution < 1.29 is 28.7 Å². The maximum absolute atomic E-state index is 11.5. The van der Waals surface area contributed by atoms with Gasteiger partial charge in [0.15, 0.2) is 5.78 Å². The van der Waals surface area contributed by atoms with E-state index in [1.807, 2.05) is 13.0 Å². The summed E-state index contributed by atoms with van der Waals surface area (Å²) in [4.78, 5) is 68.7. The minimum atomic E-state index is -0.454. The highest BCUT2D eigenvalue weighted by atomic mass is 127. The SMILES string of the molecule is CC(=O)n1ncc2cc(Cl)ncc21.COC(=O)Cn1nc(C(C)=O)c2cc(Cl)ncc21.COC(=O)Cn1nc(I)c2cc(Cl)ncc21.Cc1cc(Cl)ncc1N.Clc1cc2c(cn1)CN=C2I.S.S=S.S=S=S.S=S=S=S.S=S=S=S=S. The molecule has 8 aromatic rings. The molecule has 0 radical (unpaired) electrons. The number of aryl methyl sites for hydroxylation is 1. The van der Waals surface area contributed by atoms with E-state index in [-0.39, 0.29) is 55.1 Å². The lowest BCUT2D eigenvalue weighted by molar-refractivity contribution is -0.142. The van der Waals surface area contributed by atoms with Gasteiger partial charge in [-0.25, -0.2) is 24.9 Å². The van der Waals surface area contributed by atoms with Gasteiger partial charge < -0.3 is 15.2 Å². The topological polar surface area (TPSA) is 243 Å². The molecule has 0 bridgehead atoms.